The summed E-state index contributed by atoms with van der Waals surface area (Å²) in [5.41, 5.74) is 16.7. The van der Waals surface area contributed by atoms with Gasteiger partial charge in [-0.3, -0.25) is 0 Å². The van der Waals surface area contributed by atoms with Crippen LogP contribution in [0.25, 0.3) is 44.2 Å². The standard InChI is InChI=1S/C61H55NSi/c1-60(2)32-33-61(3,4)53-38-45(30-31-52(53)60)62(44-28-26-40(27-29-44)51-35-39-24-25-42(51)34-39)54-37-43(36-41-14-5-6-15-46(41)54)47-19-13-23-58-59(47)50-18-9-12-22-57(50)63(58)55-20-10-7-16-48(55)49-17-8-11-21-56(49)63/h5-23,26-31,36-39,42,51H,24-25,32-35H2,1-4H3. The molecule has 2 saturated carbocycles. The third kappa shape index (κ3) is 5.34. The highest BCUT2D eigenvalue weighted by Crippen LogP contribution is 2.54. The molecule has 2 heterocycles. The van der Waals surface area contributed by atoms with E-state index in [0.29, 0.717) is 5.92 Å². The van der Waals surface area contributed by atoms with Crippen molar-refractivity contribution in [2.24, 2.45) is 11.8 Å². The van der Waals surface area contributed by atoms with Crippen LogP contribution in [0.5, 0.6) is 0 Å². The van der Waals surface area contributed by atoms with Crippen LogP contribution in [-0.2, 0) is 10.8 Å². The third-order valence-corrected chi connectivity index (χ3v) is 21.8. The summed E-state index contributed by atoms with van der Waals surface area (Å²) in [6, 6.07) is 66.6. The molecule has 2 heteroatoms. The number of nitrogens with zero attached hydrogens (tertiary/aromatic N) is 1. The normalized spacial score (nSPS) is 21.2. The molecule has 308 valence electrons. The van der Waals surface area contributed by atoms with E-state index in [2.05, 4.69) is 202 Å². The van der Waals surface area contributed by atoms with E-state index in [0.717, 1.165) is 11.8 Å². The largest absolute Gasteiger partial charge is 0.310 e. The van der Waals surface area contributed by atoms with E-state index < -0.39 is 8.07 Å². The van der Waals surface area contributed by atoms with E-state index in [-0.39, 0.29) is 10.8 Å². The van der Waals surface area contributed by atoms with Crippen LogP contribution in [0, 0.1) is 11.8 Å². The molecule has 5 aliphatic rings. The number of benzene rings is 8. The van der Waals surface area contributed by atoms with Crippen LogP contribution in [0.2, 0.25) is 0 Å². The number of anilines is 3. The fourth-order valence-electron chi connectivity index (χ4n) is 13.7. The lowest BCUT2D eigenvalue weighted by molar-refractivity contribution is 0.332. The van der Waals surface area contributed by atoms with Gasteiger partial charge < -0.3 is 4.90 Å². The lowest BCUT2D eigenvalue weighted by Crippen LogP contribution is -2.70. The van der Waals surface area contributed by atoms with Crippen molar-refractivity contribution in [3.63, 3.8) is 0 Å². The van der Waals surface area contributed by atoms with Gasteiger partial charge >= 0.3 is 0 Å². The second-order valence-electron chi connectivity index (χ2n) is 21.0. The van der Waals surface area contributed by atoms with E-state index in [9.17, 15) is 0 Å². The van der Waals surface area contributed by atoms with Gasteiger partial charge in [0.05, 0.1) is 5.69 Å². The molecule has 2 aliphatic heterocycles. The monoisotopic (exact) mass is 829 g/mol. The van der Waals surface area contributed by atoms with Gasteiger partial charge in [-0.25, -0.2) is 0 Å². The average Bonchev–Trinajstić information content (AvgIpc) is 4.10. The molecule has 0 aromatic heterocycles. The van der Waals surface area contributed by atoms with Crippen LogP contribution in [-0.4, -0.2) is 8.07 Å². The Bertz CT molecular complexity index is 3120. The zero-order valence-corrected chi connectivity index (χ0v) is 38.1. The topological polar surface area (TPSA) is 3.24 Å². The molecule has 0 radical (unpaired) electrons. The minimum absolute atomic E-state index is 0.0946. The molecule has 3 unspecified atom stereocenters. The van der Waals surface area contributed by atoms with Gasteiger partial charge in [-0.05, 0) is 173 Å². The molecule has 13 rings (SSSR count). The minimum Gasteiger partial charge on any atom is -0.310 e. The van der Waals surface area contributed by atoms with Crippen LogP contribution in [0.3, 0.4) is 0 Å². The Morgan fingerprint density at radius 1 is 0.492 bits per heavy atom. The Balaban J connectivity index is 1.04. The number of rotatable bonds is 5. The van der Waals surface area contributed by atoms with Crippen LogP contribution < -0.4 is 25.6 Å². The van der Waals surface area contributed by atoms with Crippen LogP contribution >= 0.6 is 0 Å². The Morgan fingerprint density at radius 2 is 1.10 bits per heavy atom. The van der Waals surface area contributed by atoms with Crippen molar-refractivity contribution < 1.29 is 0 Å². The van der Waals surface area contributed by atoms with Crippen LogP contribution in [0.4, 0.5) is 17.1 Å². The first-order valence-corrected chi connectivity index (χ1v) is 25.7. The molecule has 63 heavy (non-hydrogen) atoms. The maximum Gasteiger partial charge on any atom is 0.182 e. The summed E-state index contributed by atoms with van der Waals surface area (Å²) in [5.74, 6) is 2.49. The summed E-state index contributed by atoms with van der Waals surface area (Å²) < 4.78 is 0. The molecule has 3 aliphatic carbocycles. The molecular weight excluding hydrogens is 775 g/mol. The van der Waals surface area contributed by atoms with Gasteiger partial charge in [0.15, 0.2) is 8.07 Å². The van der Waals surface area contributed by atoms with Gasteiger partial charge in [-0.1, -0.05) is 168 Å². The second kappa shape index (κ2) is 13.5. The molecule has 8 aromatic carbocycles. The molecule has 0 N–H and O–H groups in total. The van der Waals surface area contributed by atoms with Gasteiger partial charge in [-0.2, -0.15) is 0 Å². The quantitative estimate of drug-likeness (QED) is 0.156. The molecular formula is C61H55NSi. The summed E-state index contributed by atoms with van der Waals surface area (Å²) in [4.78, 5) is 2.60. The van der Waals surface area contributed by atoms with Gasteiger partial charge in [0.1, 0.15) is 0 Å². The van der Waals surface area contributed by atoms with E-state index >= 15 is 0 Å². The predicted molar refractivity (Wildman–Crippen MR) is 269 cm³/mol. The first-order chi connectivity index (χ1) is 30.7. The Labute approximate surface area is 374 Å². The Hall–Kier alpha value is -5.96. The van der Waals surface area contributed by atoms with Crippen molar-refractivity contribution in [2.75, 3.05) is 4.90 Å². The Kier molecular flexibility index (Phi) is 8.07. The molecule has 1 spiro atoms. The van der Waals surface area contributed by atoms with Crippen molar-refractivity contribution in [1.29, 1.82) is 0 Å². The summed E-state index contributed by atoms with van der Waals surface area (Å²) in [6.07, 6.45) is 8.02. The fourth-order valence-corrected chi connectivity index (χ4v) is 19.3. The first kappa shape index (κ1) is 37.6. The highest BCUT2D eigenvalue weighted by molar-refractivity contribution is 7.24. The zero-order valence-electron chi connectivity index (χ0n) is 37.1. The number of fused-ring (bicyclic) bond motifs is 14. The van der Waals surface area contributed by atoms with Crippen molar-refractivity contribution in [2.45, 2.75) is 83.0 Å². The first-order valence-electron chi connectivity index (χ1n) is 23.7. The molecule has 8 aromatic rings. The lowest BCUT2D eigenvalue weighted by Gasteiger charge is -2.42. The predicted octanol–water partition coefficient (Wildman–Crippen LogP) is 13.6. The maximum atomic E-state index is 2.60. The van der Waals surface area contributed by atoms with Gasteiger partial charge in [0.25, 0.3) is 0 Å². The minimum atomic E-state index is -2.58. The third-order valence-electron chi connectivity index (χ3n) is 16.8. The zero-order chi connectivity index (χ0) is 42.2. The van der Waals surface area contributed by atoms with E-state index in [4.69, 9.17) is 0 Å². The van der Waals surface area contributed by atoms with E-state index in [1.54, 1.807) is 0 Å². The molecule has 2 bridgehead atoms. The summed E-state index contributed by atoms with van der Waals surface area (Å²) >= 11 is 0. The van der Waals surface area contributed by atoms with Crippen LogP contribution in [0.15, 0.2) is 170 Å². The Morgan fingerprint density at radius 3 is 1.79 bits per heavy atom. The van der Waals surface area contributed by atoms with Gasteiger partial charge in [0, 0.05) is 16.8 Å². The van der Waals surface area contributed by atoms with Gasteiger partial charge in [0.2, 0.25) is 0 Å². The summed E-state index contributed by atoms with van der Waals surface area (Å²) in [6.45, 7) is 9.80. The van der Waals surface area contributed by atoms with Gasteiger partial charge in [-0.15, -0.1) is 0 Å². The van der Waals surface area contributed by atoms with E-state index in [1.165, 1.54) is 137 Å². The SMILES string of the molecule is CC1(C)CCC(C)(C)c2cc(N(c3ccc(C4CC5CCC4C5)cc3)c3cc(-c4cccc5c4-c4ccccc4[Si]54c5ccccc5-c5ccccc54)cc4ccccc34)ccc21. The molecule has 3 atom stereocenters. The fraction of sp³-hybridized carbons (Fsp3) is 0.246. The van der Waals surface area contributed by atoms with Crippen molar-refractivity contribution in [3.05, 3.63) is 187 Å². The van der Waals surface area contributed by atoms with Crippen molar-refractivity contribution in [3.8, 4) is 33.4 Å². The molecule has 0 saturated heterocycles. The smallest absolute Gasteiger partial charge is 0.182 e. The average molecular weight is 830 g/mol. The van der Waals surface area contributed by atoms with Crippen LogP contribution in [0.1, 0.15) is 88.8 Å². The molecule has 1 nitrogen and oxygen atoms in total. The second-order valence-corrected chi connectivity index (χ2v) is 24.7. The highest BCUT2D eigenvalue weighted by Gasteiger charge is 2.54. The molecule has 2 fully saturated rings. The highest BCUT2D eigenvalue weighted by atomic mass is 28.3. The number of hydrogen-bond donors (Lipinski definition) is 0. The van der Waals surface area contributed by atoms with Crippen molar-refractivity contribution in [1.82, 2.24) is 0 Å². The van der Waals surface area contributed by atoms with Crippen molar-refractivity contribution >= 4 is 56.7 Å². The van der Waals surface area contributed by atoms with E-state index in [1.807, 2.05) is 0 Å². The number of hydrogen-bond acceptors (Lipinski definition) is 1. The summed E-state index contributed by atoms with van der Waals surface area (Å²) in [7, 11) is -2.58. The molecule has 0 amide bonds. The maximum absolute atomic E-state index is 2.60. The summed E-state index contributed by atoms with van der Waals surface area (Å²) in [5, 5.41) is 8.61. The lowest BCUT2D eigenvalue weighted by atomic mass is 9.63.